The molecule has 0 saturated heterocycles. The van der Waals surface area contributed by atoms with Crippen LogP contribution in [-0.2, 0) is 0 Å². The Morgan fingerprint density at radius 3 is 2.15 bits per heavy atom. The Labute approximate surface area is 226 Å². The van der Waals surface area contributed by atoms with Gasteiger partial charge in [-0.25, -0.2) is 0 Å². The second kappa shape index (κ2) is 7.01. The summed E-state index contributed by atoms with van der Waals surface area (Å²) in [6.45, 7) is 0.320. The van der Waals surface area contributed by atoms with Gasteiger partial charge in [0, 0.05) is 44.3 Å². The lowest BCUT2D eigenvalue weighted by Gasteiger charge is -2.39. The normalized spacial score (nSPS) is 16.2. The van der Waals surface area contributed by atoms with E-state index < -0.39 is 0 Å². The van der Waals surface area contributed by atoms with Gasteiger partial charge in [0.15, 0.2) is 0 Å². The summed E-state index contributed by atoms with van der Waals surface area (Å²) < 4.78 is 5.18. The highest BCUT2D eigenvalue weighted by atomic mass is 15.0. The maximum absolute atomic E-state index is 2.61. The molecule has 7 aromatic rings. The third kappa shape index (κ3) is 2.36. The van der Waals surface area contributed by atoms with Gasteiger partial charge >= 0.3 is 0 Å². The zero-order valence-corrected chi connectivity index (χ0v) is 21.3. The van der Waals surface area contributed by atoms with Crippen molar-refractivity contribution in [3.05, 3.63) is 127 Å². The lowest BCUT2D eigenvalue weighted by molar-refractivity contribution is 0.831. The van der Waals surface area contributed by atoms with Crippen molar-refractivity contribution in [1.82, 2.24) is 9.13 Å². The molecule has 0 bridgehead atoms. The quantitative estimate of drug-likeness (QED) is 0.211. The third-order valence-electron chi connectivity index (χ3n) is 9.48. The van der Waals surface area contributed by atoms with Gasteiger partial charge in [-0.15, -0.1) is 0 Å². The number of allylic oxidation sites excluding steroid dienone is 1. The maximum atomic E-state index is 2.61. The summed E-state index contributed by atoms with van der Waals surface area (Å²) in [6, 6.07) is 40.7. The molecule has 10 rings (SSSR count). The van der Waals surface area contributed by atoms with E-state index in [0.717, 1.165) is 6.42 Å². The van der Waals surface area contributed by atoms with Gasteiger partial charge in [-0.2, -0.15) is 0 Å². The van der Waals surface area contributed by atoms with E-state index in [-0.39, 0.29) is 0 Å². The van der Waals surface area contributed by atoms with Crippen molar-refractivity contribution in [3.63, 3.8) is 0 Å². The molecule has 0 N–H and O–H groups in total. The topological polar surface area (TPSA) is 9.86 Å². The summed E-state index contributed by atoms with van der Waals surface area (Å²) in [5.41, 5.74) is 15.0. The fourth-order valence-corrected chi connectivity index (χ4v) is 8.05. The molecule has 1 atom stereocenters. The fraction of sp³-hybridized carbons (Fsp3) is 0.0556. The molecule has 0 radical (unpaired) electrons. The predicted molar refractivity (Wildman–Crippen MR) is 164 cm³/mol. The van der Waals surface area contributed by atoms with E-state index in [2.05, 4.69) is 130 Å². The fourth-order valence-electron chi connectivity index (χ4n) is 8.05. The smallest absolute Gasteiger partial charge is 0.226 e. The van der Waals surface area contributed by atoms with E-state index in [1.165, 1.54) is 77.4 Å². The lowest BCUT2D eigenvalue weighted by atomic mass is 9.29. The third-order valence-corrected chi connectivity index (χ3v) is 9.48. The van der Waals surface area contributed by atoms with Crippen LogP contribution in [0.15, 0.2) is 115 Å². The first-order chi connectivity index (χ1) is 19.4. The highest BCUT2D eigenvalue weighted by molar-refractivity contribution is 6.90. The maximum Gasteiger partial charge on any atom is 0.226 e. The molecule has 1 aliphatic carbocycles. The van der Waals surface area contributed by atoms with Crippen molar-refractivity contribution in [2.75, 3.05) is 0 Å². The van der Waals surface area contributed by atoms with Crippen LogP contribution in [0, 0.1) is 0 Å². The SMILES string of the molecule is C1=Cc2c3n(c4ccccc24)-c2cc(-c4ccccc4)cc4c2B(c2cccc5c6ccccc6n-4c25)C3C1. The number of para-hydroxylation sites is 3. The van der Waals surface area contributed by atoms with Crippen LogP contribution >= 0.6 is 0 Å². The minimum atomic E-state index is 0.320. The van der Waals surface area contributed by atoms with Crippen LogP contribution in [0.3, 0.4) is 0 Å². The predicted octanol–water partition coefficient (Wildman–Crippen LogP) is 7.37. The van der Waals surface area contributed by atoms with E-state index >= 15 is 0 Å². The van der Waals surface area contributed by atoms with E-state index in [4.69, 9.17) is 0 Å². The number of rotatable bonds is 1. The summed E-state index contributed by atoms with van der Waals surface area (Å²) in [5.74, 6) is 0.406. The van der Waals surface area contributed by atoms with Crippen LogP contribution in [0.25, 0.3) is 61.3 Å². The van der Waals surface area contributed by atoms with Gasteiger partial charge in [0.2, 0.25) is 6.71 Å². The van der Waals surface area contributed by atoms with Crippen LogP contribution in [0.2, 0.25) is 0 Å². The highest BCUT2D eigenvalue weighted by Crippen LogP contribution is 2.46. The van der Waals surface area contributed by atoms with Gasteiger partial charge in [0.05, 0.1) is 11.0 Å². The molecule has 0 spiro atoms. The molecule has 4 heterocycles. The van der Waals surface area contributed by atoms with E-state index in [0.29, 0.717) is 12.5 Å². The summed E-state index contributed by atoms with van der Waals surface area (Å²) in [7, 11) is 0. The first-order valence-electron chi connectivity index (χ1n) is 13.9. The Morgan fingerprint density at radius 2 is 1.31 bits per heavy atom. The molecule has 3 aliphatic rings. The average molecular weight is 494 g/mol. The number of fused-ring (bicyclic) bond motifs is 10. The minimum Gasteiger partial charge on any atom is -0.314 e. The summed E-state index contributed by atoms with van der Waals surface area (Å²) >= 11 is 0. The minimum absolute atomic E-state index is 0.320. The first kappa shape index (κ1) is 20.2. The van der Waals surface area contributed by atoms with Gasteiger partial charge in [-0.1, -0.05) is 97.1 Å². The van der Waals surface area contributed by atoms with Crippen molar-refractivity contribution in [2.24, 2.45) is 0 Å². The van der Waals surface area contributed by atoms with Gasteiger partial charge in [0.1, 0.15) is 0 Å². The summed E-state index contributed by atoms with van der Waals surface area (Å²) in [4.78, 5) is 0. The van der Waals surface area contributed by atoms with Crippen molar-refractivity contribution in [2.45, 2.75) is 12.2 Å². The Bertz CT molecular complexity index is 2210. The van der Waals surface area contributed by atoms with Gasteiger partial charge < -0.3 is 9.13 Å². The molecule has 0 amide bonds. The van der Waals surface area contributed by atoms with Crippen LogP contribution < -0.4 is 10.9 Å². The van der Waals surface area contributed by atoms with E-state index in [9.17, 15) is 0 Å². The summed E-state index contributed by atoms with van der Waals surface area (Å²) in [6.07, 6.45) is 5.85. The van der Waals surface area contributed by atoms with Crippen molar-refractivity contribution in [3.8, 4) is 22.5 Å². The molecule has 5 aromatic carbocycles. The van der Waals surface area contributed by atoms with Crippen molar-refractivity contribution in [1.29, 1.82) is 0 Å². The molecule has 2 aliphatic heterocycles. The van der Waals surface area contributed by atoms with Crippen LogP contribution in [-0.4, -0.2) is 15.8 Å². The molecule has 2 aromatic heterocycles. The Kier molecular flexibility index (Phi) is 3.64. The Hall–Kier alpha value is -4.76. The Morgan fingerprint density at radius 1 is 0.615 bits per heavy atom. The Balaban J connectivity index is 1.45. The molecule has 3 heteroatoms. The highest BCUT2D eigenvalue weighted by Gasteiger charge is 2.46. The standard InChI is InChI=1S/C36H23BN2/c1-2-10-22(11-3-1)23-20-32-34-33(21-23)39-31-19-7-5-13-25(31)27-15-9-17-29(36(27)39)37(34)28-16-8-14-26-24-12-4-6-18-30(24)38(32)35(26)28/h1-16,18-21,29H,17H2. The second-order valence-corrected chi connectivity index (χ2v) is 11.3. The average Bonchev–Trinajstić information content (AvgIpc) is 3.52. The van der Waals surface area contributed by atoms with E-state index in [1.807, 2.05) is 0 Å². The second-order valence-electron chi connectivity index (χ2n) is 11.3. The number of hydrogen-bond acceptors (Lipinski definition) is 0. The van der Waals surface area contributed by atoms with E-state index in [1.54, 1.807) is 0 Å². The molecule has 1 unspecified atom stereocenters. The van der Waals surface area contributed by atoms with Gasteiger partial charge in [-0.3, -0.25) is 0 Å². The largest absolute Gasteiger partial charge is 0.314 e. The van der Waals surface area contributed by atoms with Crippen LogP contribution in [0.1, 0.15) is 23.5 Å². The first-order valence-corrected chi connectivity index (χ1v) is 13.9. The van der Waals surface area contributed by atoms with Crippen LogP contribution in [0.4, 0.5) is 0 Å². The molecular formula is C36H23BN2. The lowest BCUT2D eigenvalue weighted by Crippen LogP contribution is -2.56. The molecule has 39 heavy (non-hydrogen) atoms. The van der Waals surface area contributed by atoms with Crippen molar-refractivity contribution >= 4 is 56.4 Å². The van der Waals surface area contributed by atoms with Crippen LogP contribution in [0.5, 0.6) is 0 Å². The molecule has 0 fully saturated rings. The molecule has 2 nitrogen and oxygen atoms in total. The molecule has 0 saturated carbocycles. The number of nitrogens with zero attached hydrogens (tertiary/aromatic N) is 2. The molecule has 180 valence electrons. The summed E-state index contributed by atoms with van der Waals surface area (Å²) in [5, 5.41) is 4.05. The number of hydrogen-bond donors (Lipinski definition) is 0. The molecular weight excluding hydrogens is 471 g/mol. The van der Waals surface area contributed by atoms with Gasteiger partial charge in [-0.05, 0) is 58.6 Å². The number of aromatic nitrogens is 2. The zero-order valence-electron chi connectivity index (χ0n) is 21.3. The van der Waals surface area contributed by atoms with Crippen molar-refractivity contribution < 1.29 is 0 Å². The van der Waals surface area contributed by atoms with Gasteiger partial charge in [0.25, 0.3) is 0 Å². The monoisotopic (exact) mass is 494 g/mol. The zero-order chi connectivity index (χ0) is 25.2. The number of benzene rings is 5.